The second-order valence-electron chi connectivity index (χ2n) is 3.42. The van der Waals surface area contributed by atoms with Crippen LogP contribution in [0.1, 0.15) is 27.8 Å². The fourth-order valence-corrected chi connectivity index (χ4v) is 1.10. The lowest BCUT2D eigenvalue weighted by molar-refractivity contribution is -0.146. The predicted molar refractivity (Wildman–Crippen MR) is 56.8 cm³/mol. The van der Waals surface area contributed by atoms with E-state index in [2.05, 4.69) is 10.3 Å². The molecule has 1 heterocycles. The lowest BCUT2D eigenvalue weighted by Gasteiger charge is -2.06. The number of rotatable bonds is 5. The van der Waals surface area contributed by atoms with Gasteiger partial charge in [-0.3, -0.25) is 9.59 Å². The van der Waals surface area contributed by atoms with Crippen molar-refractivity contribution >= 4 is 17.7 Å². The maximum atomic E-state index is 11.4. The fraction of sp³-hybridized carbons (Fsp3) is 0.300. The van der Waals surface area contributed by atoms with E-state index in [0.717, 1.165) is 0 Å². The highest BCUT2D eigenvalue weighted by Gasteiger charge is 2.16. The molecule has 0 saturated carbocycles. The Morgan fingerprint density at radius 2 is 2.12 bits per heavy atom. The lowest BCUT2D eigenvalue weighted by Crippen LogP contribution is -2.36. The molecule has 1 rings (SSSR count). The Morgan fingerprint density at radius 1 is 1.47 bits per heavy atom. The van der Waals surface area contributed by atoms with Gasteiger partial charge in [-0.2, -0.15) is 0 Å². The topological polar surface area (TPSA) is 119 Å². The maximum Gasteiger partial charge on any atom is 0.334 e. The molecule has 1 amide bonds. The molecule has 0 radical (unpaired) electrons. The van der Waals surface area contributed by atoms with E-state index in [-0.39, 0.29) is 11.5 Å². The van der Waals surface area contributed by atoms with E-state index in [1.165, 1.54) is 19.2 Å². The minimum atomic E-state index is -1.65. The Balaban J connectivity index is 2.58. The number of ketones is 1. The summed E-state index contributed by atoms with van der Waals surface area (Å²) in [7, 11) is 0. The fourth-order valence-electron chi connectivity index (χ4n) is 1.10. The number of aliphatic hydroxyl groups excluding tert-OH is 1. The first-order chi connectivity index (χ1) is 7.91. The van der Waals surface area contributed by atoms with Gasteiger partial charge in [0.15, 0.2) is 11.9 Å². The Kier molecular flexibility index (Phi) is 4.00. The summed E-state index contributed by atoms with van der Waals surface area (Å²) in [6.07, 6.45) is -0.272. The standard InChI is InChI=1S/C10H12N2O5/c1-5(13)6-2-7(11-3-6)9(15)12-4-8(14)10(16)17/h2-3,8,11,14H,4H2,1H3,(H,12,15)(H,16,17)/t8-/m0/s1. The molecule has 7 heteroatoms. The third kappa shape index (κ3) is 3.42. The van der Waals surface area contributed by atoms with Gasteiger partial charge in [0.2, 0.25) is 0 Å². The van der Waals surface area contributed by atoms with Crippen LogP contribution in [0.3, 0.4) is 0 Å². The number of H-pyrrole nitrogens is 1. The summed E-state index contributed by atoms with van der Waals surface area (Å²) in [6.45, 7) is 0.960. The van der Waals surface area contributed by atoms with E-state index in [4.69, 9.17) is 10.2 Å². The third-order valence-corrected chi connectivity index (χ3v) is 2.08. The van der Waals surface area contributed by atoms with Gasteiger partial charge in [-0.15, -0.1) is 0 Å². The highest BCUT2D eigenvalue weighted by molar-refractivity contribution is 5.99. The van der Waals surface area contributed by atoms with E-state index in [1.54, 1.807) is 0 Å². The van der Waals surface area contributed by atoms with Crippen molar-refractivity contribution in [2.75, 3.05) is 6.54 Å². The number of aliphatic hydroxyl groups is 1. The number of nitrogens with one attached hydrogen (secondary N) is 2. The maximum absolute atomic E-state index is 11.4. The summed E-state index contributed by atoms with van der Waals surface area (Å²) in [6, 6.07) is 1.35. The molecule has 0 unspecified atom stereocenters. The zero-order chi connectivity index (χ0) is 13.0. The highest BCUT2D eigenvalue weighted by atomic mass is 16.4. The first-order valence-corrected chi connectivity index (χ1v) is 4.80. The average Bonchev–Trinajstić information content (AvgIpc) is 2.74. The van der Waals surface area contributed by atoms with Gasteiger partial charge in [0.05, 0.1) is 6.54 Å². The Morgan fingerprint density at radius 3 is 2.59 bits per heavy atom. The van der Waals surface area contributed by atoms with Crippen LogP contribution in [0.5, 0.6) is 0 Å². The van der Waals surface area contributed by atoms with Gasteiger partial charge < -0.3 is 20.5 Å². The number of Topliss-reactive ketones (excluding diaryl/α,β-unsaturated/α-hetero) is 1. The molecule has 1 aromatic heterocycles. The van der Waals surface area contributed by atoms with Crippen molar-refractivity contribution in [3.63, 3.8) is 0 Å². The van der Waals surface area contributed by atoms with Crippen LogP contribution in [0.15, 0.2) is 12.3 Å². The van der Waals surface area contributed by atoms with Crippen LogP contribution < -0.4 is 5.32 Å². The smallest absolute Gasteiger partial charge is 0.334 e. The molecular weight excluding hydrogens is 228 g/mol. The largest absolute Gasteiger partial charge is 0.479 e. The Hall–Kier alpha value is -2.15. The second-order valence-corrected chi connectivity index (χ2v) is 3.42. The van der Waals surface area contributed by atoms with Crippen molar-refractivity contribution in [3.8, 4) is 0 Å². The minimum Gasteiger partial charge on any atom is -0.479 e. The second kappa shape index (κ2) is 5.26. The molecule has 92 valence electrons. The molecule has 0 fully saturated rings. The van der Waals surface area contributed by atoms with Crippen molar-refractivity contribution in [1.82, 2.24) is 10.3 Å². The number of hydrogen-bond acceptors (Lipinski definition) is 4. The number of aromatic nitrogens is 1. The van der Waals surface area contributed by atoms with Gasteiger partial charge in [0.25, 0.3) is 5.91 Å². The molecule has 0 saturated heterocycles. The van der Waals surface area contributed by atoms with Crippen LogP contribution in [0.25, 0.3) is 0 Å². The normalized spacial score (nSPS) is 11.9. The van der Waals surface area contributed by atoms with E-state index in [9.17, 15) is 14.4 Å². The van der Waals surface area contributed by atoms with E-state index >= 15 is 0 Å². The lowest BCUT2D eigenvalue weighted by atomic mass is 10.2. The van der Waals surface area contributed by atoms with Crippen LogP contribution >= 0.6 is 0 Å². The molecule has 0 aliphatic carbocycles. The number of hydrogen-bond donors (Lipinski definition) is 4. The van der Waals surface area contributed by atoms with Crippen LogP contribution in [0.4, 0.5) is 0 Å². The first-order valence-electron chi connectivity index (χ1n) is 4.80. The number of carboxylic acid groups (broad SMARTS) is 1. The number of amides is 1. The number of carboxylic acids is 1. The van der Waals surface area contributed by atoms with E-state index in [1.807, 2.05) is 0 Å². The molecule has 0 aromatic carbocycles. The van der Waals surface area contributed by atoms with Crippen LogP contribution in [-0.2, 0) is 4.79 Å². The molecule has 7 nitrogen and oxygen atoms in total. The molecule has 0 bridgehead atoms. The van der Waals surface area contributed by atoms with Crippen LogP contribution in [-0.4, -0.2) is 45.5 Å². The zero-order valence-electron chi connectivity index (χ0n) is 9.06. The van der Waals surface area contributed by atoms with Gasteiger partial charge in [0.1, 0.15) is 5.69 Å². The third-order valence-electron chi connectivity index (χ3n) is 2.08. The predicted octanol–water partition coefficient (Wildman–Crippen LogP) is -0.607. The van der Waals surface area contributed by atoms with Crippen molar-refractivity contribution < 1.29 is 24.6 Å². The van der Waals surface area contributed by atoms with E-state index in [0.29, 0.717) is 5.56 Å². The van der Waals surface area contributed by atoms with E-state index < -0.39 is 24.5 Å². The van der Waals surface area contributed by atoms with Gasteiger partial charge in [0, 0.05) is 11.8 Å². The van der Waals surface area contributed by atoms with Crippen LogP contribution in [0.2, 0.25) is 0 Å². The zero-order valence-corrected chi connectivity index (χ0v) is 9.06. The summed E-state index contributed by atoms with van der Waals surface area (Å²) >= 11 is 0. The van der Waals surface area contributed by atoms with Crippen molar-refractivity contribution in [2.24, 2.45) is 0 Å². The number of carbonyl (C=O) groups is 3. The minimum absolute atomic E-state index is 0.132. The van der Waals surface area contributed by atoms with Crippen molar-refractivity contribution in [2.45, 2.75) is 13.0 Å². The molecule has 17 heavy (non-hydrogen) atoms. The Labute approximate surface area is 96.5 Å². The molecule has 0 aliphatic rings. The van der Waals surface area contributed by atoms with Crippen molar-refractivity contribution in [3.05, 3.63) is 23.5 Å². The molecule has 1 atom stereocenters. The van der Waals surface area contributed by atoms with Gasteiger partial charge in [-0.05, 0) is 13.0 Å². The average molecular weight is 240 g/mol. The molecule has 0 aliphatic heterocycles. The number of aromatic amines is 1. The SMILES string of the molecule is CC(=O)c1c[nH]c(C(=O)NC[C@H](O)C(=O)O)c1. The molecule has 1 aromatic rings. The summed E-state index contributed by atoms with van der Waals surface area (Å²) in [5, 5.41) is 19.5. The molecule has 4 N–H and O–H groups in total. The summed E-state index contributed by atoms with van der Waals surface area (Å²) < 4.78 is 0. The quantitative estimate of drug-likeness (QED) is 0.512. The van der Waals surface area contributed by atoms with Gasteiger partial charge in [-0.25, -0.2) is 4.79 Å². The summed E-state index contributed by atoms with van der Waals surface area (Å²) in [5.41, 5.74) is 0.488. The molecular formula is C10H12N2O5. The number of carbonyl (C=O) groups excluding carboxylic acids is 2. The van der Waals surface area contributed by atoms with Gasteiger partial charge in [-0.1, -0.05) is 0 Å². The first kappa shape index (κ1) is 12.9. The van der Waals surface area contributed by atoms with Crippen molar-refractivity contribution in [1.29, 1.82) is 0 Å². The number of aliphatic carboxylic acids is 1. The summed E-state index contributed by atoms with van der Waals surface area (Å²) in [5.74, 6) is -2.19. The highest BCUT2D eigenvalue weighted by Crippen LogP contribution is 2.04. The molecule has 0 spiro atoms. The monoisotopic (exact) mass is 240 g/mol. The summed E-state index contributed by atoms with van der Waals surface area (Å²) in [4.78, 5) is 35.3. The van der Waals surface area contributed by atoms with Crippen LogP contribution in [0, 0.1) is 0 Å². The van der Waals surface area contributed by atoms with Gasteiger partial charge >= 0.3 is 5.97 Å². The Bertz CT molecular complexity index is 451.